The molecular weight excluding hydrogens is 156 g/mol. The van der Waals surface area contributed by atoms with Crippen LogP contribution in [0.5, 0.6) is 0 Å². The summed E-state index contributed by atoms with van der Waals surface area (Å²) < 4.78 is 17.0. The van der Waals surface area contributed by atoms with Crippen LogP contribution in [0.15, 0.2) is 0 Å². The SMILES string of the molecule is CC1(C)O[C@H]2CC[C@@]3(CO3)[C@H]2O1. The zero-order chi connectivity index (χ0) is 8.40. The van der Waals surface area contributed by atoms with Gasteiger partial charge in [0, 0.05) is 0 Å². The fourth-order valence-electron chi connectivity index (χ4n) is 2.42. The van der Waals surface area contributed by atoms with Crippen molar-refractivity contribution in [3.63, 3.8) is 0 Å². The first-order valence-electron chi connectivity index (χ1n) is 4.61. The van der Waals surface area contributed by atoms with E-state index in [-0.39, 0.29) is 17.8 Å². The van der Waals surface area contributed by atoms with Crippen LogP contribution >= 0.6 is 0 Å². The van der Waals surface area contributed by atoms with E-state index in [1.54, 1.807) is 0 Å². The molecule has 0 radical (unpaired) electrons. The quantitative estimate of drug-likeness (QED) is 0.509. The van der Waals surface area contributed by atoms with Gasteiger partial charge in [-0.2, -0.15) is 0 Å². The van der Waals surface area contributed by atoms with E-state index in [0.717, 1.165) is 19.4 Å². The maximum absolute atomic E-state index is 5.80. The van der Waals surface area contributed by atoms with Gasteiger partial charge in [0.15, 0.2) is 5.79 Å². The highest BCUT2D eigenvalue weighted by Gasteiger charge is 2.64. The Hall–Kier alpha value is -0.120. The second-order valence-corrected chi connectivity index (χ2v) is 4.49. The van der Waals surface area contributed by atoms with E-state index >= 15 is 0 Å². The molecule has 1 aliphatic carbocycles. The summed E-state index contributed by atoms with van der Waals surface area (Å²) in [7, 11) is 0. The van der Waals surface area contributed by atoms with Gasteiger partial charge < -0.3 is 14.2 Å². The van der Waals surface area contributed by atoms with Crippen LogP contribution in [-0.2, 0) is 14.2 Å². The number of ether oxygens (including phenoxy) is 3. The van der Waals surface area contributed by atoms with Crippen molar-refractivity contribution in [2.45, 2.75) is 50.3 Å². The van der Waals surface area contributed by atoms with E-state index in [0.29, 0.717) is 0 Å². The Morgan fingerprint density at radius 1 is 1.25 bits per heavy atom. The monoisotopic (exact) mass is 170 g/mol. The van der Waals surface area contributed by atoms with Crippen molar-refractivity contribution in [2.75, 3.05) is 6.61 Å². The summed E-state index contributed by atoms with van der Waals surface area (Å²) >= 11 is 0. The summed E-state index contributed by atoms with van der Waals surface area (Å²) in [5.41, 5.74) is 0.0540. The molecule has 0 aromatic rings. The van der Waals surface area contributed by atoms with Crippen molar-refractivity contribution >= 4 is 0 Å². The molecule has 3 aliphatic rings. The molecule has 0 bridgehead atoms. The molecule has 0 amide bonds. The van der Waals surface area contributed by atoms with Crippen LogP contribution in [0.1, 0.15) is 26.7 Å². The Bertz CT molecular complexity index is 220. The third-order valence-corrected chi connectivity index (χ3v) is 3.07. The standard InChI is InChI=1S/C9H14O3/c1-8(2)11-6-3-4-9(5-10-9)7(6)12-8/h6-7H,3-5H2,1-2H3/t6-,7-,9+/m0/s1. The topological polar surface area (TPSA) is 31.0 Å². The van der Waals surface area contributed by atoms with Crippen molar-refractivity contribution in [1.82, 2.24) is 0 Å². The van der Waals surface area contributed by atoms with E-state index in [4.69, 9.17) is 14.2 Å². The van der Waals surface area contributed by atoms with Gasteiger partial charge in [0.2, 0.25) is 0 Å². The van der Waals surface area contributed by atoms with Crippen LogP contribution in [0.2, 0.25) is 0 Å². The molecule has 0 unspecified atom stereocenters. The Balaban J connectivity index is 1.86. The van der Waals surface area contributed by atoms with Gasteiger partial charge >= 0.3 is 0 Å². The van der Waals surface area contributed by atoms with Gasteiger partial charge in [0.25, 0.3) is 0 Å². The minimum absolute atomic E-state index is 0.0540. The molecule has 2 heterocycles. The van der Waals surface area contributed by atoms with Gasteiger partial charge in [0.05, 0.1) is 12.7 Å². The molecule has 2 saturated heterocycles. The van der Waals surface area contributed by atoms with Crippen molar-refractivity contribution in [1.29, 1.82) is 0 Å². The number of rotatable bonds is 0. The predicted octanol–water partition coefficient (Wildman–Crippen LogP) is 1.07. The number of epoxide rings is 1. The summed E-state index contributed by atoms with van der Waals surface area (Å²) in [5, 5.41) is 0. The maximum Gasteiger partial charge on any atom is 0.163 e. The van der Waals surface area contributed by atoms with Crippen molar-refractivity contribution in [2.24, 2.45) is 0 Å². The van der Waals surface area contributed by atoms with E-state index in [1.165, 1.54) is 0 Å². The van der Waals surface area contributed by atoms with Gasteiger partial charge in [0.1, 0.15) is 11.7 Å². The van der Waals surface area contributed by atoms with E-state index < -0.39 is 5.79 Å². The average molecular weight is 170 g/mol. The van der Waals surface area contributed by atoms with Gasteiger partial charge in [-0.25, -0.2) is 0 Å². The first-order valence-corrected chi connectivity index (χ1v) is 4.61. The molecule has 2 aliphatic heterocycles. The maximum atomic E-state index is 5.80. The molecule has 0 aromatic heterocycles. The lowest BCUT2D eigenvalue weighted by molar-refractivity contribution is -0.157. The van der Waals surface area contributed by atoms with E-state index in [1.807, 2.05) is 13.8 Å². The van der Waals surface area contributed by atoms with Crippen LogP contribution in [0.3, 0.4) is 0 Å². The van der Waals surface area contributed by atoms with Gasteiger partial charge in [-0.05, 0) is 26.7 Å². The van der Waals surface area contributed by atoms with Crippen LogP contribution in [0, 0.1) is 0 Å². The van der Waals surface area contributed by atoms with Crippen LogP contribution in [0.25, 0.3) is 0 Å². The van der Waals surface area contributed by atoms with Crippen molar-refractivity contribution in [3.05, 3.63) is 0 Å². The zero-order valence-corrected chi connectivity index (χ0v) is 7.50. The molecule has 3 heteroatoms. The van der Waals surface area contributed by atoms with Crippen LogP contribution in [-0.4, -0.2) is 30.2 Å². The Morgan fingerprint density at radius 3 is 2.67 bits per heavy atom. The molecule has 3 rings (SSSR count). The molecule has 3 nitrogen and oxygen atoms in total. The summed E-state index contributed by atoms with van der Waals surface area (Å²) in [6, 6.07) is 0. The summed E-state index contributed by atoms with van der Waals surface area (Å²) in [6.07, 6.45) is 2.68. The minimum Gasteiger partial charge on any atom is -0.367 e. The van der Waals surface area contributed by atoms with E-state index in [9.17, 15) is 0 Å². The fourth-order valence-corrected chi connectivity index (χ4v) is 2.42. The second kappa shape index (κ2) is 1.86. The largest absolute Gasteiger partial charge is 0.367 e. The molecule has 0 aromatic carbocycles. The number of fused-ring (bicyclic) bond motifs is 2. The van der Waals surface area contributed by atoms with Gasteiger partial charge in [-0.15, -0.1) is 0 Å². The highest BCUT2D eigenvalue weighted by Crippen LogP contribution is 2.51. The first-order chi connectivity index (χ1) is 5.61. The first kappa shape index (κ1) is 7.30. The molecule has 1 spiro atoms. The lowest BCUT2D eigenvalue weighted by Gasteiger charge is -2.19. The molecule has 3 fully saturated rings. The molecule has 0 N–H and O–H groups in total. The highest BCUT2D eigenvalue weighted by atomic mass is 16.8. The Labute approximate surface area is 72.0 Å². The van der Waals surface area contributed by atoms with Gasteiger partial charge in [-0.1, -0.05) is 0 Å². The lowest BCUT2D eigenvalue weighted by Crippen LogP contribution is -2.31. The lowest BCUT2D eigenvalue weighted by atomic mass is 10.1. The van der Waals surface area contributed by atoms with Crippen LogP contribution in [0.4, 0.5) is 0 Å². The second-order valence-electron chi connectivity index (χ2n) is 4.49. The third-order valence-electron chi connectivity index (χ3n) is 3.07. The minimum atomic E-state index is -0.394. The Morgan fingerprint density at radius 2 is 2.00 bits per heavy atom. The van der Waals surface area contributed by atoms with E-state index in [2.05, 4.69) is 0 Å². The summed E-state index contributed by atoms with van der Waals surface area (Å²) in [6.45, 7) is 4.82. The molecule has 68 valence electrons. The van der Waals surface area contributed by atoms with Crippen LogP contribution < -0.4 is 0 Å². The summed E-state index contributed by atoms with van der Waals surface area (Å²) in [5.74, 6) is -0.394. The van der Waals surface area contributed by atoms with Crippen molar-refractivity contribution in [3.8, 4) is 0 Å². The molecule has 12 heavy (non-hydrogen) atoms. The van der Waals surface area contributed by atoms with Gasteiger partial charge in [-0.3, -0.25) is 0 Å². The fraction of sp³-hybridized carbons (Fsp3) is 1.00. The summed E-state index contributed by atoms with van der Waals surface area (Å²) in [4.78, 5) is 0. The molecule has 3 atom stereocenters. The molecule has 1 saturated carbocycles. The van der Waals surface area contributed by atoms with Crippen molar-refractivity contribution < 1.29 is 14.2 Å². The zero-order valence-electron chi connectivity index (χ0n) is 7.50. The predicted molar refractivity (Wildman–Crippen MR) is 41.7 cm³/mol. The normalized spacial score (nSPS) is 54.5. The smallest absolute Gasteiger partial charge is 0.163 e. The molecular formula is C9H14O3. The third kappa shape index (κ3) is 0.817. The Kier molecular flexibility index (Phi) is 1.13. The average Bonchev–Trinajstić information content (AvgIpc) is 2.60. The number of hydrogen-bond acceptors (Lipinski definition) is 3. The number of hydrogen-bond donors (Lipinski definition) is 0. The highest BCUT2D eigenvalue weighted by molar-refractivity contribution is 5.11.